The van der Waals surface area contributed by atoms with Gasteiger partial charge in [0.05, 0.1) is 0 Å². The molecule has 1 aromatic rings. The highest BCUT2D eigenvalue weighted by molar-refractivity contribution is 9.10. The summed E-state index contributed by atoms with van der Waals surface area (Å²) in [5.41, 5.74) is 0. The van der Waals surface area contributed by atoms with Crippen molar-refractivity contribution in [1.82, 2.24) is 14.9 Å². The van der Waals surface area contributed by atoms with Crippen molar-refractivity contribution in [3.63, 3.8) is 0 Å². The predicted octanol–water partition coefficient (Wildman–Crippen LogP) is 1.52. The van der Waals surface area contributed by atoms with Gasteiger partial charge >= 0.3 is 0 Å². The van der Waals surface area contributed by atoms with Crippen LogP contribution in [-0.2, 0) is 0 Å². The molecule has 0 aromatic carbocycles. The van der Waals surface area contributed by atoms with E-state index >= 15 is 0 Å². The number of piperazine rings is 1. The first-order chi connectivity index (χ1) is 7.83. The molecule has 0 amide bonds. The van der Waals surface area contributed by atoms with Gasteiger partial charge in [0.25, 0.3) is 0 Å². The van der Waals surface area contributed by atoms with E-state index in [9.17, 15) is 0 Å². The normalized spacial score (nSPS) is 25.8. The average molecular weight is 283 g/mol. The summed E-state index contributed by atoms with van der Waals surface area (Å²) in [4.78, 5) is 13.4. The Bertz CT molecular complexity index is 384. The molecule has 4 nitrogen and oxygen atoms in total. The molecule has 3 rings (SSSR count). The molecule has 0 saturated carbocycles. The van der Waals surface area contributed by atoms with Crippen LogP contribution in [0.15, 0.2) is 17.0 Å². The van der Waals surface area contributed by atoms with Gasteiger partial charge in [-0.25, -0.2) is 9.97 Å². The number of nitrogens with zero attached hydrogens (tertiary/aromatic N) is 4. The monoisotopic (exact) mass is 282 g/mol. The highest BCUT2D eigenvalue weighted by atomic mass is 79.9. The quantitative estimate of drug-likeness (QED) is 0.732. The van der Waals surface area contributed by atoms with Crippen LogP contribution >= 0.6 is 15.9 Å². The van der Waals surface area contributed by atoms with Crippen LogP contribution in [-0.4, -0.2) is 47.1 Å². The number of halogens is 1. The summed E-state index contributed by atoms with van der Waals surface area (Å²) < 4.78 is 0.867. The summed E-state index contributed by atoms with van der Waals surface area (Å²) in [6, 6.07) is 2.74. The Labute approximate surface area is 104 Å². The zero-order valence-electron chi connectivity index (χ0n) is 9.14. The van der Waals surface area contributed by atoms with E-state index in [0.717, 1.165) is 29.6 Å². The average Bonchev–Trinajstić information content (AvgIpc) is 2.75. The van der Waals surface area contributed by atoms with Gasteiger partial charge in [0.1, 0.15) is 16.7 Å². The number of aromatic nitrogens is 2. The molecule has 1 atom stereocenters. The maximum absolute atomic E-state index is 4.34. The lowest BCUT2D eigenvalue weighted by atomic mass is 10.1. The molecule has 1 unspecified atom stereocenters. The van der Waals surface area contributed by atoms with Crippen LogP contribution in [0, 0.1) is 0 Å². The van der Waals surface area contributed by atoms with Crippen molar-refractivity contribution < 1.29 is 0 Å². The number of hydrogen-bond acceptors (Lipinski definition) is 4. The van der Waals surface area contributed by atoms with E-state index in [0.29, 0.717) is 0 Å². The van der Waals surface area contributed by atoms with Crippen molar-refractivity contribution >= 4 is 21.7 Å². The zero-order chi connectivity index (χ0) is 11.0. The maximum atomic E-state index is 4.34. The van der Waals surface area contributed by atoms with E-state index in [1.165, 1.54) is 25.9 Å². The molecule has 0 bridgehead atoms. The molecule has 0 aliphatic carbocycles. The Morgan fingerprint density at radius 1 is 1.25 bits per heavy atom. The molecule has 2 aliphatic heterocycles. The molecule has 5 heteroatoms. The molecule has 3 heterocycles. The molecule has 2 fully saturated rings. The van der Waals surface area contributed by atoms with Crippen molar-refractivity contribution in [2.75, 3.05) is 31.1 Å². The summed E-state index contributed by atoms with van der Waals surface area (Å²) in [6.07, 6.45) is 4.31. The largest absolute Gasteiger partial charge is 0.354 e. The number of rotatable bonds is 1. The van der Waals surface area contributed by atoms with Crippen molar-refractivity contribution in [2.24, 2.45) is 0 Å². The summed E-state index contributed by atoms with van der Waals surface area (Å²) in [7, 11) is 0. The fraction of sp³-hybridized carbons (Fsp3) is 0.636. The van der Waals surface area contributed by atoms with Gasteiger partial charge in [0, 0.05) is 31.7 Å². The SMILES string of the molecule is Brc1cc(N2CCN3CCCC3C2)ncn1. The molecule has 2 saturated heterocycles. The van der Waals surface area contributed by atoms with Crippen molar-refractivity contribution in [1.29, 1.82) is 0 Å². The Balaban J connectivity index is 1.76. The fourth-order valence-corrected chi connectivity index (χ4v) is 2.99. The number of anilines is 1. The van der Waals surface area contributed by atoms with Crippen LogP contribution in [0.5, 0.6) is 0 Å². The van der Waals surface area contributed by atoms with Gasteiger partial charge in [-0.3, -0.25) is 4.90 Å². The van der Waals surface area contributed by atoms with Gasteiger partial charge in [0.15, 0.2) is 0 Å². The Morgan fingerprint density at radius 2 is 2.19 bits per heavy atom. The van der Waals surface area contributed by atoms with Crippen molar-refractivity contribution in [3.8, 4) is 0 Å². The molecule has 0 radical (unpaired) electrons. The van der Waals surface area contributed by atoms with Crippen LogP contribution in [0.2, 0.25) is 0 Å². The van der Waals surface area contributed by atoms with E-state index in [4.69, 9.17) is 0 Å². The van der Waals surface area contributed by atoms with Crippen LogP contribution in [0.1, 0.15) is 12.8 Å². The van der Waals surface area contributed by atoms with Gasteiger partial charge in [-0.05, 0) is 35.3 Å². The lowest BCUT2D eigenvalue weighted by Gasteiger charge is -2.38. The van der Waals surface area contributed by atoms with Crippen molar-refractivity contribution in [2.45, 2.75) is 18.9 Å². The van der Waals surface area contributed by atoms with Gasteiger partial charge in [-0.1, -0.05) is 0 Å². The second-order valence-corrected chi connectivity index (χ2v) is 5.29. The number of hydrogen-bond donors (Lipinski definition) is 0. The van der Waals surface area contributed by atoms with Crippen molar-refractivity contribution in [3.05, 3.63) is 17.0 Å². The molecule has 0 N–H and O–H groups in total. The van der Waals surface area contributed by atoms with Gasteiger partial charge in [-0.15, -0.1) is 0 Å². The molecule has 0 spiro atoms. The maximum Gasteiger partial charge on any atom is 0.133 e. The first-order valence-corrected chi connectivity index (χ1v) is 6.59. The van der Waals surface area contributed by atoms with Crippen LogP contribution in [0.4, 0.5) is 5.82 Å². The first-order valence-electron chi connectivity index (χ1n) is 5.79. The third-order valence-corrected chi connectivity index (χ3v) is 3.96. The Hall–Kier alpha value is -0.680. The summed E-state index contributed by atoms with van der Waals surface area (Å²) in [5, 5.41) is 0. The molecular formula is C11H15BrN4. The standard InChI is InChI=1S/C11H15BrN4/c12-10-6-11(14-8-13-10)16-5-4-15-3-1-2-9(15)7-16/h6,8-9H,1-5,7H2. The molecule has 16 heavy (non-hydrogen) atoms. The molecule has 2 aliphatic rings. The van der Waals surface area contributed by atoms with E-state index in [-0.39, 0.29) is 0 Å². The summed E-state index contributed by atoms with van der Waals surface area (Å²) in [5.74, 6) is 1.05. The van der Waals surface area contributed by atoms with Gasteiger partial charge in [-0.2, -0.15) is 0 Å². The topological polar surface area (TPSA) is 32.3 Å². The fourth-order valence-electron chi connectivity index (χ4n) is 2.70. The van der Waals surface area contributed by atoms with E-state index in [2.05, 4.69) is 35.7 Å². The highest BCUT2D eigenvalue weighted by Gasteiger charge is 2.30. The molecular weight excluding hydrogens is 268 g/mol. The summed E-state index contributed by atoms with van der Waals surface area (Å²) in [6.45, 7) is 4.65. The van der Waals surface area contributed by atoms with E-state index in [1.54, 1.807) is 6.33 Å². The number of fused-ring (bicyclic) bond motifs is 1. The van der Waals surface area contributed by atoms with E-state index < -0.39 is 0 Å². The van der Waals surface area contributed by atoms with Crippen LogP contribution in [0.25, 0.3) is 0 Å². The van der Waals surface area contributed by atoms with Crippen LogP contribution in [0.3, 0.4) is 0 Å². The molecule has 86 valence electrons. The van der Waals surface area contributed by atoms with Gasteiger partial charge < -0.3 is 4.90 Å². The third-order valence-electron chi connectivity index (χ3n) is 3.53. The highest BCUT2D eigenvalue weighted by Crippen LogP contribution is 2.24. The lowest BCUT2D eigenvalue weighted by molar-refractivity contribution is 0.230. The first kappa shape index (κ1) is 10.5. The second kappa shape index (κ2) is 4.30. The molecule has 1 aromatic heterocycles. The minimum absolute atomic E-state index is 0.738. The minimum Gasteiger partial charge on any atom is -0.354 e. The minimum atomic E-state index is 0.738. The van der Waals surface area contributed by atoms with Gasteiger partial charge in [0.2, 0.25) is 0 Å². The Morgan fingerprint density at radius 3 is 3.06 bits per heavy atom. The smallest absolute Gasteiger partial charge is 0.133 e. The third kappa shape index (κ3) is 1.94. The van der Waals surface area contributed by atoms with Crippen LogP contribution < -0.4 is 4.90 Å². The predicted molar refractivity (Wildman–Crippen MR) is 66.5 cm³/mol. The Kier molecular flexibility index (Phi) is 2.81. The second-order valence-electron chi connectivity index (χ2n) is 4.48. The lowest BCUT2D eigenvalue weighted by Crippen LogP contribution is -2.50. The summed E-state index contributed by atoms with van der Waals surface area (Å²) >= 11 is 3.40. The zero-order valence-corrected chi connectivity index (χ0v) is 10.7. The van der Waals surface area contributed by atoms with E-state index in [1.807, 2.05) is 6.07 Å².